The molecule has 1 aromatic carbocycles. The summed E-state index contributed by atoms with van der Waals surface area (Å²) >= 11 is 3.23. The topological polar surface area (TPSA) is 75.4 Å². The lowest BCUT2D eigenvalue weighted by atomic mass is 9.90. The molecule has 0 saturated heterocycles. The van der Waals surface area contributed by atoms with Crippen molar-refractivity contribution in [3.63, 3.8) is 0 Å². The number of nitro benzene ring substituents is 1. The number of benzene rings is 1. The van der Waals surface area contributed by atoms with Gasteiger partial charge in [0.25, 0.3) is 5.69 Å². The molecule has 1 rings (SSSR count). The van der Waals surface area contributed by atoms with E-state index in [0.717, 1.165) is 0 Å². The summed E-state index contributed by atoms with van der Waals surface area (Å²) in [7, 11) is 0. The van der Waals surface area contributed by atoms with E-state index in [1.54, 1.807) is 12.1 Å². The predicted molar refractivity (Wildman–Crippen MR) is 78.0 cm³/mol. The lowest BCUT2D eigenvalue weighted by molar-refractivity contribution is -0.385. The summed E-state index contributed by atoms with van der Waals surface area (Å²) in [6.07, 6.45) is 0.697. The van der Waals surface area contributed by atoms with Crippen LogP contribution in [0.1, 0.15) is 25.8 Å². The Balaban J connectivity index is 2.66. The van der Waals surface area contributed by atoms with Gasteiger partial charge in [0.1, 0.15) is 0 Å². The van der Waals surface area contributed by atoms with Crippen LogP contribution >= 0.6 is 15.9 Å². The molecule has 0 radical (unpaired) electrons. The maximum atomic E-state index is 11.0. The second-order valence-corrected chi connectivity index (χ2v) is 6.19. The van der Waals surface area contributed by atoms with Crippen molar-refractivity contribution in [3.8, 4) is 0 Å². The van der Waals surface area contributed by atoms with Gasteiger partial charge in [-0.1, -0.05) is 29.8 Å². The van der Waals surface area contributed by atoms with Crippen LogP contribution in [-0.4, -0.2) is 23.2 Å². The number of nitro groups is 1. The van der Waals surface area contributed by atoms with E-state index in [1.165, 1.54) is 6.07 Å². The fraction of sp³-hybridized carbons (Fsp3) is 0.538. The average Bonchev–Trinajstić information content (AvgIpc) is 2.30. The highest BCUT2D eigenvalue weighted by Gasteiger charge is 2.18. The van der Waals surface area contributed by atoms with E-state index in [-0.39, 0.29) is 22.6 Å². The minimum absolute atomic E-state index is 0.0289. The third-order valence-electron chi connectivity index (χ3n) is 2.95. The highest BCUT2D eigenvalue weighted by Crippen LogP contribution is 2.24. The number of nitrogens with zero attached hydrogens (tertiary/aromatic N) is 1. The van der Waals surface area contributed by atoms with Crippen LogP contribution in [0.5, 0.6) is 0 Å². The van der Waals surface area contributed by atoms with E-state index < -0.39 is 0 Å². The molecule has 19 heavy (non-hydrogen) atoms. The van der Waals surface area contributed by atoms with Crippen LogP contribution in [-0.2, 0) is 6.54 Å². The van der Waals surface area contributed by atoms with Crippen LogP contribution in [0.15, 0.2) is 22.7 Å². The van der Waals surface area contributed by atoms with Gasteiger partial charge in [0.15, 0.2) is 0 Å². The molecule has 0 amide bonds. The summed E-state index contributed by atoms with van der Waals surface area (Å²) in [4.78, 5) is 10.6. The Kier molecular flexibility index (Phi) is 5.90. The van der Waals surface area contributed by atoms with Crippen molar-refractivity contribution in [2.24, 2.45) is 5.41 Å². The summed E-state index contributed by atoms with van der Waals surface area (Å²) < 4.78 is 0.698. The molecule has 1 aromatic rings. The molecule has 0 fully saturated rings. The number of halogens is 1. The average molecular weight is 331 g/mol. The van der Waals surface area contributed by atoms with Crippen LogP contribution in [0.2, 0.25) is 0 Å². The first kappa shape index (κ1) is 16.1. The normalized spacial score (nSPS) is 11.6. The van der Waals surface area contributed by atoms with Gasteiger partial charge in [0.05, 0.1) is 4.92 Å². The minimum Gasteiger partial charge on any atom is -0.396 e. The zero-order valence-corrected chi connectivity index (χ0v) is 12.7. The first-order chi connectivity index (χ1) is 8.85. The molecule has 0 spiro atoms. The van der Waals surface area contributed by atoms with Crippen LogP contribution in [0.3, 0.4) is 0 Å². The van der Waals surface area contributed by atoms with Crippen molar-refractivity contribution >= 4 is 21.6 Å². The van der Waals surface area contributed by atoms with Crippen LogP contribution in [0.4, 0.5) is 5.69 Å². The van der Waals surface area contributed by atoms with Gasteiger partial charge in [-0.25, -0.2) is 0 Å². The smallest absolute Gasteiger partial charge is 0.275 e. The second-order valence-electron chi connectivity index (χ2n) is 5.27. The Morgan fingerprint density at radius 3 is 2.74 bits per heavy atom. The molecule has 0 heterocycles. The number of aliphatic hydroxyl groups excluding tert-OH is 1. The molecule has 6 heteroatoms. The molecule has 5 nitrogen and oxygen atoms in total. The Bertz CT molecular complexity index is 450. The zero-order chi connectivity index (χ0) is 14.5. The van der Waals surface area contributed by atoms with Gasteiger partial charge in [-0.3, -0.25) is 10.1 Å². The van der Waals surface area contributed by atoms with E-state index in [2.05, 4.69) is 21.2 Å². The lowest BCUT2D eigenvalue weighted by Crippen LogP contribution is -2.30. The summed E-state index contributed by atoms with van der Waals surface area (Å²) in [5, 5.41) is 23.1. The molecule has 0 aliphatic heterocycles. The van der Waals surface area contributed by atoms with E-state index in [4.69, 9.17) is 5.11 Å². The van der Waals surface area contributed by atoms with Gasteiger partial charge in [0.2, 0.25) is 0 Å². The van der Waals surface area contributed by atoms with E-state index in [0.29, 0.717) is 29.5 Å². The monoisotopic (exact) mass is 330 g/mol. The van der Waals surface area contributed by atoms with Gasteiger partial charge in [-0.2, -0.15) is 0 Å². The number of rotatable bonds is 7. The summed E-state index contributed by atoms with van der Waals surface area (Å²) in [6, 6.07) is 5.05. The van der Waals surface area contributed by atoms with Gasteiger partial charge < -0.3 is 10.4 Å². The van der Waals surface area contributed by atoms with E-state index >= 15 is 0 Å². The Hall–Kier alpha value is -0.980. The molecule has 106 valence electrons. The number of nitrogens with one attached hydrogen (secondary N) is 1. The van der Waals surface area contributed by atoms with E-state index in [1.807, 2.05) is 13.8 Å². The van der Waals surface area contributed by atoms with Crippen LogP contribution in [0.25, 0.3) is 0 Å². The van der Waals surface area contributed by atoms with Gasteiger partial charge in [-0.15, -0.1) is 0 Å². The Morgan fingerprint density at radius 1 is 1.47 bits per heavy atom. The Morgan fingerprint density at radius 2 is 2.16 bits per heavy atom. The van der Waals surface area contributed by atoms with E-state index in [9.17, 15) is 10.1 Å². The first-order valence-electron chi connectivity index (χ1n) is 6.10. The fourth-order valence-corrected chi connectivity index (χ4v) is 2.13. The highest BCUT2D eigenvalue weighted by atomic mass is 79.9. The number of hydrogen-bond acceptors (Lipinski definition) is 4. The fourth-order valence-electron chi connectivity index (χ4n) is 1.78. The molecule has 0 aromatic heterocycles. The molecule has 0 aliphatic rings. The maximum absolute atomic E-state index is 11.0. The largest absolute Gasteiger partial charge is 0.396 e. The molecule has 0 unspecified atom stereocenters. The molecular weight excluding hydrogens is 312 g/mol. The summed E-state index contributed by atoms with van der Waals surface area (Å²) in [6.45, 7) is 5.38. The van der Waals surface area contributed by atoms with Crippen LogP contribution in [0, 0.1) is 15.5 Å². The summed E-state index contributed by atoms with van der Waals surface area (Å²) in [5.41, 5.74) is 0.744. The predicted octanol–water partition coefficient (Wildman–Crippen LogP) is 2.86. The molecule has 0 atom stereocenters. The van der Waals surface area contributed by atoms with Gasteiger partial charge >= 0.3 is 0 Å². The first-order valence-corrected chi connectivity index (χ1v) is 6.89. The zero-order valence-electron chi connectivity index (χ0n) is 11.1. The van der Waals surface area contributed by atoms with Crippen molar-refractivity contribution in [3.05, 3.63) is 38.3 Å². The van der Waals surface area contributed by atoms with Gasteiger partial charge in [-0.05, 0) is 24.0 Å². The van der Waals surface area contributed by atoms with Gasteiger partial charge in [0, 0.05) is 35.8 Å². The number of hydrogen-bond donors (Lipinski definition) is 2. The molecule has 0 saturated carbocycles. The Labute approximate surface area is 121 Å². The third kappa shape index (κ3) is 5.26. The molecular formula is C13H19BrN2O3. The van der Waals surface area contributed by atoms with Crippen LogP contribution < -0.4 is 5.32 Å². The van der Waals surface area contributed by atoms with Crippen molar-refractivity contribution in [2.45, 2.75) is 26.8 Å². The maximum Gasteiger partial charge on any atom is 0.275 e. The lowest BCUT2D eigenvalue weighted by Gasteiger charge is -2.23. The van der Waals surface area contributed by atoms with Crippen molar-refractivity contribution in [1.29, 1.82) is 0 Å². The molecule has 0 aliphatic carbocycles. The van der Waals surface area contributed by atoms with Crippen molar-refractivity contribution in [2.75, 3.05) is 13.2 Å². The molecule has 0 bridgehead atoms. The molecule has 2 N–H and O–H groups in total. The second kappa shape index (κ2) is 6.98. The summed E-state index contributed by atoms with van der Waals surface area (Å²) in [5.74, 6) is 0. The number of aliphatic hydroxyl groups is 1. The van der Waals surface area contributed by atoms with Crippen molar-refractivity contribution in [1.82, 2.24) is 5.32 Å². The standard InChI is InChI=1S/C13H19BrN2O3/c1-13(2,5-6-17)9-15-8-10-3-4-11(14)7-12(10)16(18)19/h3-4,7,15,17H,5-6,8-9H2,1-2H3. The third-order valence-corrected chi connectivity index (χ3v) is 3.44. The quantitative estimate of drug-likeness (QED) is 0.595. The minimum atomic E-state index is -0.374. The van der Waals surface area contributed by atoms with Crippen molar-refractivity contribution < 1.29 is 10.0 Å². The highest BCUT2D eigenvalue weighted by molar-refractivity contribution is 9.10. The SMILES string of the molecule is CC(C)(CCO)CNCc1ccc(Br)cc1[N+](=O)[O-].